The van der Waals surface area contributed by atoms with Crippen LogP contribution in [0.5, 0.6) is 0 Å². The molecule has 1 heterocycles. The van der Waals surface area contributed by atoms with Gasteiger partial charge in [-0.3, -0.25) is 19.3 Å². The maximum atomic E-state index is 13.3. The number of aliphatic hydroxyl groups is 1. The van der Waals surface area contributed by atoms with E-state index < -0.39 is 23.1 Å². The van der Waals surface area contributed by atoms with Crippen molar-refractivity contribution in [1.82, 2.24) is 0 Å². The Hall–Kier alpha value is -3.41. The highest BCUT2D eigenvalue weighted by Gasteiger charge is 2.46. The van der Waals surface area contributed by atoms with E-state index >= 15 is 0 Å². The Balaban J connectivity index is 2.05. The molecule has 3 rings (SSSR count). The summed E-state index contributed by atoms with van der Waals surface area (Å²) in [6.45, 7) is 9.29. The second kappa shape index (κ2) is 8.99. The van der Waals surface area contributed by atoms with E-state index in [9.17, 15) is 19.5 Å². The van der Waals surface area contributed by atoms with Crippen molar-refractivity contribution in [2.45, 2.75) is 47.1 Å². The average Bonchev–Trinajstić information content (AvgIpc) is 2.98. The number of esters is 1. The first-order valence-corrected chi connectivity index (χ1v) is 10.7. The van der Waals surface area contributed by atoms with Gasteiger partial charge in [0.05, 0.1) is 24.6 Å². The summed E-state index contributed by atoms with van der Waals surface area (Å²) in [4.78, 5) is 39.6. The predicted octanol–water partition coefficient (Wildman–Crippen LogP) is 4.62. The fourth-order valence-corrected chi connectivity index (χ4v) is 3.82. The number of aliphatic hydroxyl groups excluding tert-OH is 1. The van der Waals surface area contributed by atoms with E-state index in [1.54, 1.807) is 52.0 Å². The first-order valence-electron chi connectivity index (χ1n) is 10.7. The molecular weight excluding hydrogens is 406 g/mol. The lowest BCUT2D eigenvalue weighted by Gasteiger charge is -2.29. The molecule has 1 atom stereocenters. The SMILES string of the molecule is CCOC(=O)Cc1ccc(N2C(=O)C(O)=C(C(=O)C(C)(C)C)C2c2cccc(C)c2)cc1. The number of aryl methyl sites for hydroxylation is 1. The Labute approximate surface area is 188 Å². The van der Waals surface area contributed by atoms with Crippen LogP contribution >= 0.6 is 0 Å². The monoisotopic (exact) mass is 435 g/mol. The summed E-state index contributed by atoms with van der Waals surface area (Å²) in [5.74, 6) is -1.75. The molecule has 0 bridgehead atoms. The summed E-state index contributed by atoms with van der Waals surface area (Å²) in [5.41, 5.74) is 2.32. The Morgan fingerprint density at radius 3 is 2.31 bits per heavy atom. The van der Waals surface area contributed by atoms with E-state index in [4.69, 9.17) is 4.74 Å². The van der Waals surface area contributed by atoms with Crippen LogP contribution in [0.1, 0.15) is 50.4 Å². The number of anilines is 1. The van der Waals surface area contributed by atoms with Gasteiger partial charge < -0.3 is 9.84 Å². The van der Waals surface area contributed by atoms with Crippen LogP contribution in [0.4, 0.5) is 5.69 Å². The lowest BCUT2D eigenvalue weighted by atomic mass is 9.82. The molecule has 1 aliphatic rings. The topological polar surface area (TPSA) is 83.9 Å². The van der Waals surface area contributed by atoms with Crippen molar-refractivity contribution >= 4 is 23.3 Å². The van der Waals surface area contributed by atoms with Gasteiger partial charge in [-0.05, 0) is 37.1 Å². The first kappa shape index (κ1) is 23.3. The van der Waals surface area contributed by atoms with E-state index in [2.05, 4.69) is 0 Å². The zero-order chi connectivity index (χ0) is 23.6. The normalized spacial score (nSPS) is 16.5. The highest BCUT2D eigenvalue weighted by Crippen LogP contribution is 2.43. The van der Waals surface area contributed by atoms with Gasteiger partial charge in [-0.2, -0.15) is 0 Å². The number of rotatable bonds is 6. The minimum atomic E-state index is -0.773. The number of Topliss-reactive ketones (excluding diaryl/α,β-unsaturated/α-hetero) is 1. The minimum Gasteiger partial charge on any atom is -0.503 e. The Kier molecular flexibility index (Phi) is 6.53. The van der Waals surface area contributed by atoms with Gasteiger partial charge in [0.2, 0.25) is 0 Å². The van der Waals surface area contributed by atoms with Gasteiger partial charge in [0, 0.05) is 11.1 Å². The van der Waals surface area contributed by atoms with Gasteiger partial charge in [0.1, 0.15) is 0 Å². The molecule has 0 saturated heterocycles. The smallest absolute Gasteiger partial charge is 0.310 e. The third-order valence-electron chi connectivity index (χ3n) is 5.36. The van der Waals surface area contributed by atoms with E-state index in [0.717, 1.165) is 16.7 Å². The number of hydrogen-bond donors (Lipinski definition) is 1. The molecule has 0 spiro atoms. The van der Waals surface area contributed by atoms with Gasteiger partial charge in [0.15, 0.2) is 11.5 Å². The molecule has 1 unspecified atom stereocenters. The number of amides is 1. The molecule has 6 heteroatoms. The van der Waals surface area contributed by atoms with Crippen molar-refractivity contribution in [3.8, 4) is 0 Å². The number of benzene rings is 2. The van der Waals surface area contributed by atoms with Crippen LogP contribution in [0.15, 0.2) is 59.9 Å². The average molecular weight is 436 g/mol. The molecule has 32 heavy (non-hydrogen) atoms. The van der Waals surface area contributed by atoms with Gasteiger partial charge in [-0.1, -0.05) is 62.7 Å². The lowest BCUT2D eigenvalue weighted by molar-refractivity contribution is -0.142. The molecule has 0 saturated carbocycles. The largest absolute Gasteiger partial charge is 0.503 e. The summed E-state index contributed by atoms with van der Waals surface area (Å²) < 4.78 is 4.98. The van der Waals surface area contributed by atoms with Crippen LogP contribution in [0.2, 0.25) is 0 Å². The Morgan fingerprint density at radius 1 is 1.09 bits per heavy atom. The van der Waals surface area contributed by atoms with Gasteiger partial charge in [-0.15, -0.1) is 0 Å². The highest BCUT2D eigenvalue weighted by molar-refractivity contribution is 6.17. The lowest BCUT2D eigenvalue weighted by Crippen LogP contribution is -2.32. The zero-order valence-electron chi connectivity index (χ0n) is 19.1. The van der Waals surface area contributed by atoms with Crippen molar-refractivity contribution < 1.29 is 24.2 Å². The molecule has 0 fully saturated rings. The molecule has 0 radical (unpaired) electrons. The molecule has 1 amide bonds. The number of nitrogens with zero attached hydrogens (tertiary/aromatic N) is 1. The molecule has 0 aliphatic carbocycles. The van der Waals surface area contributed by atoms with E-state index in [1.807, 2.05) is 31.2 Å². The number of carbonyl (C=O) groups excluding carboxylic acids is 3. The fourth-order valence-electron chi connectivity index (χ4n) is 3.82. The predicted molar refractivity (Wildman–Crippen MR) is 122 cm³/mol. The summed E-state index contributed by atoms with van der Waals surface area (Å²) in [7, 11) is 0. The summed E-state index contributed by atoms with van der Waals surface area (Å²) >= 11 is 0. The molecule has 1 aliphatic heterocycles. The van der Waals surface area contributed by atoms with Gasteiger partial charge in [0.25, 0.3) is 5.91 Å². The van der Waals surface area contributed by atoms with Crippen LogP contribution < -0.4 is 4.90 Å². The molecule has 1 N–H and O–H groups in total. The summed E-state index contributed by atoms with van der Waals surface area (Å²) in [5, 5.41) is 10.8. The van der Waals surface area contributed by atoms with Crippen LogP contribution in [-0.4, -0.2) is 29.4 Å². The van der Waals surface area contributed by atoms with Gasteiger partial charge >= 0.3 is 5.97 Å². The number of ketones is 1. The van der Waals surface area contributed by atoms with Crippen molar-refractivity contribution in [1.29, 1.82) is 0 Å². The fraction of sp³-hybridized carbons (Fsp3) is 0.346. The van der Waals surface area contributed by atoms with Crippen LogP contribution in [-0.2, 0) is 25.5 Å². The van der Waals surface area contributed by atoms with Crippen molar-refractivity contribution in [2.24, 2.45) is 5.41 Å². The van der Waals surface area contributed by atoms with Gasteiger partial charge in [-0.25, -0.2) is 0 Å². The van der Waals surface area contributed by atoms with E-state index in [1.165, 1.54) is 4.90 Å². The third kappa shape index (κ3) is 4.59. The zero-order valence-corrected chi connectivity index (χ0v) is 19.1. The molecule has 0 aromatic heterocycles. The third-order valence-corrected chi connectivity index (χ3v) is 5.36. The molecule has 6 nitrogen and oxygen atoms in total. The maximum absolute atomic E-state index is 13.3. The Bertz CT molecular complexity index is 1080. The van der Waals surface area contributed by atoms with Crippen molar-refractivity contribution in [3.05, 3.63) is 76.6 Å². The number of hydrogen-bond acceptors (Lipinski definition) is 5. The first-order chi connectivity index (χ1) is 15.0. The van der Waals surface area contributed by atoms with Crippen LogP contribution in [0, 0.1) is 12.3 Å². The van der Waals surface area contributed by atoms with Crippen LogP contribution in [0.25, 0.3) is 0 Å². The molecule has 2 aromatic carbocycles. The number of ether oxygens (including phenoxy) is 1. The standard InChI is InChI=1S/C26H29NO5/c1-6-32-20(28)15-17-10-12-19(13-11-17)27-22(18-9-7-8-16(2)14-18)21(23(29)25(27)31)24(30)26(3,4)5/h7-14,22,29H,6,15H2,1-5H3. The van der Waals surface area contributed by atoms with Crippen molar-refractivity contribution in [3.63, 3.8) is 0 Å². The minimum absolute atomic E-state index is 0.101. The second-order valence-electron chi connectivity index (χ2n) is 8.98. The highest BCUT2D eigenvalue weighted by atomic mass is 16.5. The molecular formula is C26H29NO5. The van der Waals surface area contributed by atoms with Crippen molar-refractivity contribution in [2.75, 3.05) is 11.5 Å². The second-order valence-corrected chi connectivity index (χ2v) is 8.98. The summed E-state index contributed by atoms with van der Waals surface area (Å²) in [6.07, 6.45) is 0.126. The summed E-state index contributed by atoms with van der Waals surface area (Å²) in [6, 6.07) is 13.7. The quantitative estimate of drug-likeness (QED) is 0.670. The van der Waals surface area contributed by atoms with Crippen LogP contribution in [0.3, 0.4) is 0 Å². The molecule has 168 valence electrons. The number of carbonyl (C=O) groups is 3. The molecule has 2 aromatic rings. The van der Waals surface area contributed by atoms with E-state index in [0.29, 0.717) is 12.3 Å². The maximum Gasteiger partial charge on any atom is 0.310 e. The van der Waals surface area contributed by atoms with E-state index in [-0.39, 0.29) is 23.7 Å². The Morgan fingerprint density at radius 2 is 1.75 bits per heavy atom.